The van der Waals surface area contributed by atoms with Gasteiger partial charge in [0.2, 0.25) is 15.9 Å². The molecule has 6 nitrogen and oxygen atoms in total. The van der Waals surface area contributed by atoms with Gasteiger partial charge in [0.25, 0.3) is 0 Å². The highest BCUT2D eigenvalue weighted by Crippen LogP contribution is 2.21. The number of sulfonamides is 1. The molecule has 0 saturated carbocycles. The summed E-state index contributed by atoms with van der Waals surface area (Å²) in [5, 5.41) is 1.83. The zero-order valence-corrected chi connectivity index (χ0v) is 17.6. The fourth-order valence-electron chi connectivity index (χ4n) is 3.59. The Balaban J connectivity index is 1.72. The van der Waals surface area contributed by atoms with Crippen LogP contribution < -0.4 is 10.4 Å². The first kappa shape index (κ1) is 21.3. The summed E-state index contributed by atoms with van der Waals surface area (Å²) in [6.07, 6.45) is 1.97. The zero-order chi connectivity index (χ0) is 20.7. The van der Waals surface area contributed by atoms with Crippen LogP contribution in [0.4, 0.5) is 5.69 Å². The molecule has 1 aliphatic rings. The summed E-state index contributed by atoms with van der Waals surface area (Å²) in [6, 6.07) is 19.6. The second-order valence-electron chi connectivity index (χ2n) is 7.40. The number of nitrogens with one attached hydrogen (secondary N) is 1. The van der Waals surface area contributed by atoms with Crippen molar-refractivity contribution in [3.05, 3.63) is 66.2 Å². The molecule has 2 aromatic rings. The molecule has 3 rings (SSSR count). The second-order valence-corrected chi connectivity index (χ2v) is 9.48. The SMILES string of the molecule is CCCS(=O)(=O)N1CCCC(C(=O)NN(Cc2ccccc2)c2ccccc2)C1. The summed E-state index contributed by atoms with van der Waals surface area (Å²) in [5.74, 6) is -0.357. The number of carbonyl (C=O) groups is 1. The third-order valence-electron chi connectivity index (χ3n) is 5.11. The number of carbonyl (C=O) groups excluding carboxylic acids is 1. The summed E-state index contributed by atoms with van der Waals surface area (Å²) in [6.45, 7) is 3.13. The maximum absolute atomic E-state index is 13.0. The summed E-state index contributed by atoms with van der Waals surface area (Å²) in [7, 11) is -3.29. The van der Waals surface area contributed by atoms with Crippen LogP contribution in [-0.4, -0.2) is 37.5 Å². The Morgan fingerprint density at radius 1 is 1.10 bits per heavy atom. The van der Waals surface area contributed by atoms with Crippen molar-refractivity contribution in [2.24, 2.45) is 5.92 Å². The van der Waals surface area contributed by atoms with Crippen LogP contribution in [0.25, 0.3) is 0 Å². The molecule has 7 heteroatoms. The first-order valence-electron chi connectivity index (χ1n) is 10.1. The van der Waals surface area contributed by atoms with Crippen molar-refractivity contribution in [2.75, 3.05) is 23.9 Å². The summed E-state index contributed by atoms with van der Waals surface area (Å²) in [5.41, 5.74) is 4.99. The number of hydrogen-bond acceptors (Lipinski definition) is 4. The molecule has 0 aromatic heterocycles. The van der Waals surface area contributed by atoms with Crippen LogP contribution in [0.15, 0.2) is 60.7 Å². The summed E-state index contributed by atoms with van der Waals surface area (Å²) < 4.78 is 26.3. The minimum atomic E-state index is -3.29. The lowest BCUT2D eigenvalue weighted by Crippen LogP contribution is -2.50. The molecular weight excluding hydrogens is 386 g/mol. The van der Waals surface area contributed by atoms with E-state index in [0.29, 0.717) is 32.4 Å². The minimum absolute atomic E-state index is 0.130. The van der Waals surface area contributed by atoms with Crippen LogP contribution in [0.2, 0.25) is 0 Å². The van der Waals surface area contributed by atoms with E-state index >= 15 is 0 Å². The Labute approximate surface area is 173 Å². The van der Waals surface area contributed by atoms with Crippen LogP contribution in [0.5, 0.6) is 0 Å². The molecule has 0 spiro atoms. The van der Waals surface area contributed by atoms with Gasteiger partial charge in [0.1, 0.15) is 0 Å². The molecule has 156 valence electrons. The molecule has 2 aromatic carbocycles. The molecule has 1 atom stereocenters. The smallest absolute Gasteiger partial charge is 0.242 e. The van der Waals surface area contributed by atoms with Crippen molar-refractivity contribution >= 4 is 21.6 Å². The molecule has 0 bridgehead atoms. The maximum atomic E-state index is 13.0. The van der Waals surface area contributed by atoms with E-state index in [0.717, 1.165) is 11.3 Å². The number of hydrogen-bond donors (Lipinski definition) is 1. The van der Waals surface area contributed by atoms with Crippen LogP contribution in [0.3, 0.4) is 0 Å². The number of benzene rings is 2. The van der Waals surface area contributed by atoms with Gasteiger partial charge in [-0.05, 0) is 37.0 Å². The molecule has 0 radical (unpaired) electrons. The number of piperidine rings is 1. The monoisotopic (exact) mass is 415 g/mol. The topological polar surface area (TPSA) is 69.7 Å². The normalized spacial score (nSPS) is 17.6. The summed E-state index contributed by atoms with van der Waals surface area (Å²) in [4.78, 5) is 13.0. The molecular formula is C22H29N3O3S. The molecule has 1 aliphatic heterocycles. The number of para-hydroxylation sites is 1. The van der Waals surface area contributed by atoms with E-state index in [1.165, 1.54) is 4.31 Å². The van der Waals surface area contributed by atoms with Gasteiger partial charge in [-0.2, -0.15) is 0 Å². The Hall–Kier alpha value is -2.38. The number of amides is 1. The standard InChI is InChI=1S/C22H29N3O3S/c1-2-16-29(27,28)24-15-9-12-20(18-24)22(26)23-25(21-13-7-4-8-14-21)17-19-10-5-3-6-11-19/h3-8,10-11,13-14,20H,2,9,12,15-18H2,1H3,(H,23,26). The molecule has 1 amide bonds. The Kier molecular flexibility index (Phi) is 7.28. The fraction of sp³-hybridized carbons (Fsp3) is 0.409. The highest BCUT2D eigenvalue weighted by Gasteiger charge is 2.32. The lowest BCUT2D eigenvalue weighted by Gasteiger charge is -2.33. The minimum Gasteiger partial charge on any atom is -0.281 e. The maximum Gasteiger partial charge on any atom is 0.242 e. The first-order chi connectivity index (χ1) is 14.0. The van der Waals surface area contributed by atoms with E-state index in [1.807, 2.05) is 72.6 Å². The van der Waals surface area contributed by atoms with Crippen molar-refractivity contribution in [2.45, 2.75) is 32.7 Å². The van der Waals surface area contributed by atoms with Crippen LogP contribution in [0, 0.1) is 5.92 Å². The van der Waals surface area contributed by atoms with Crippen molar-refractivity contribution in [1.29, 1.82) is 0 Å². The van der Waals surface area contributed by atoms with Gasteiger partial charge in [0, 0.05) is 13.1 Å². The molecule has 1 fully saturated rings. The van der Waals surface area contributed by atoms with Gasteiger partial charge in [-0.15, -0.1) is 0 Å². The molecule has 1 heterocycles. The largest absolute Gasteiger partial charge is 0.281 e. The van der Waals surface area contributed by atoms with Crippen molar-refractivity contribution < 1.29 is 13.2 Å². The van der Waals surface area contributed by atoms with Gasteiger partial charge in [0.05, 0.1) is 23.9 Å². The molecule has 1 saturated heterocycles. The highest BCUT2D eigenvalue weighted by atomic mass is 32.2. The molecule has 29 heavy (non-hydrogen) atoms. The average molecular weight is 416 g/mol. The fourth-order valence-corrected chi connectivity index (χ4v) is 5.18. The van der Waals surface area contributed by atoms with Crippen molar-refractivity contribution in [1.82, 2.24) is 9.73 Å². The second kappa shape index (κ2) is 9.89. The third-order valence-corrected chi connectivity index (χ3v) is 7.15. The Morgan fingerprint density at radius 2 is 1.76 bits per heavy atom. The predicted molar refractivity (Wildman–Crippen MR) is 116 cm³/mol. The molecule has 1 N–H and O–H groups in total. The zero-order valence-electron chi connectivity index (χ0n) is 16.8. The number of nitrogens with zero attached hydrogens (tertiary/aromatic N) is 2. The van der Waals surface area contributed by atoms with Gasteiger partial charge in [-0.25, -0.2) is 12.7 Å². The van der Waals surface area contributed by atoms with E-state index < -0.39 is 10.0 Å². The van der Waals surface area contributed by atoms with E-state index in [9.17, 15) is 13.2 Å². The van der Waals surface area contributed by atoms with Gasteiger partial charge in [-0.1, -0.05) is 55.5 Å². The lowest BCUT2D eigenvalue weighted by molar-refractivity contribution is -0.126. The quantitative estimate of drug-likeness (QED) is 0.673. The number of rotatable bonds is 8. The highest BCUT2D eigenvalue weighted by molar-refractivity contribution is 7.89. The molecule has 0 aliphatic carbocycles. The van der Waals surface area contributed by atoms with Gasteiger partial charge >= 0.3 is 0 Å². The van der Waals surface area contributed by atoms with Crippen molar-refractivity contribution in [3.63, 3.8) is 0 Å². The van der Waals surface area contributed by atoms with E-state index in [2.05, 4.69) is 5.43 Å². The van der Waals surface area contributed by atoms with Gasteiger partial charge < -0.3 is 0 Å². The number of anilines is 1. The van der Waals surface area contributed by atoms with E-state index in [1.54, 1.807) is 0 Å². The van der Waals surface area contributed by atoms with Crippen LogP contribution >= 0.6 is 0 Å². The van der Waals surface area contributed by atoms with E-state index in [-0.39, 0.29) is 24.1 Å². The average Bonchev–Trinajstić information content (AvgIpc) is 2.75. The lowest BCUT2D eigenvalue weighted by atomic mass is 9.99. The van der Waals surface area contributed by atoms with Crippen LogP contribution in [0.1, 0.15) is 31.7 Å². The summed E-state index contributed by atoms with van der Waals surface area (Å²) >= 11 is 0. The van der Waals surface area contributed by atoms with Gasteiger partial charge in [-0.3, -0.25) is 15.2 Å². The third kappa shape index (κ3) is 5.81. The first-order valence-corrected chi connectivity index (χ1v) is 11.8. The predicted octanol–water partition coefficient (Wildman–Crippen LogP) is 3.18. The van der Waals surface area contributed by atoms with E-state index in [4.69, 9.17) is 0 Å². The number of hydrazine groups is 1. The van der Waals surface area contributed by atoms with Crippen LogP contribution in [-0.2, 0) is 21.4 Å². The molecule has 1 unspecified atom stereocenters. The Morgan fingerprint density at radius 3 is 2.41 bits per heavy atom. The Bertz CT molecular complexity index is 888. The van der Waals surface area contributed by atoms with Crippen molar-refractivity contribution in [3.8, 4) is 0 Å². The van der Waals surface area contributed by atoms with Gasteiger partial charge in [0.15, 0.2) is 0 Å².